The van der Waals surface area contributed by atoms with Crippen LogP contribution in [-0.2, 0) is 6.42 Å². The molecule has 0 saturated heterocycles. The van der Waals surface area contributed by atoms with Crippen LogP contribution in [0.5, 0.6) is 23.0 Å². The number of unbranched alkanes of at least 4 members (excludes halogenated alkanes) is 2. The van der Waals surface area contributed by atoms with Gasteiger partial charge in [-0.15, -0.1) is 0 Å². The first kappa shape index (κ1) is 34.4. The SMILES string of the molecule is CCCCCc1ccc(Nc2ccc(-c3cc(-c4ccc(OCC)cc4OCC)nc(-c4ccc(OCC)cc4OCC)c3)cc2)cc1. The van der Waals surface area contributed by atoms with Gasteiger partial charge in [-0.2, -0.15) is 0 Å². The first-order valence-electron chi connectivity index (χ1n) is 17.3. The Labute approximate surface area is 286 Å². The van der Waals surface area contributed by atoms with Crippen molar-refractivity contribution in [3.8, 4) is 56.6 Å². The standard InChI is InChI=1S/C42H48N2O4/c1-6-11-12-13-30-14-18-33(19-15-30)43-34-20-16-31(17-21-34)32-26-39(37-24-22-35(45-7-2)28-41(37)47-9-4)44-40(27-32)38-25-23-36(46-8-3)29-42(38)48-10-5/h14-29,43H,6-13H2,1-5H3. The topological polar surface area (TPSA) is 61.8 Å². The quantitative estimate of drug-likeness (QED) is 0.102. The van der Waals surface area contributed by atoms with E-state index in [-0.39, 0.29) is 0 Å². The van der Waals surface area contributed by atoms with E-state index in [0.29, 0.717) is 26.4 Å². The van der Waals surface area contributed by atoms with Crippen LogP contribution in [0.15, 0.2) is 97.1 Å². The summed E-state index contributed by atoms with van der Waals surface area (Å²) in [5.41, 5.74) is 8.98. The Morgan fingerprint density at radius 3 is 1.48 bits per heavy atom. The molecular weight excluding hydrogens is 596 g/mol. The average Bonchev–Trinajstić information content (AvgIpc) is 3.10. The van der Waals surface area contributed by atoms with Gasteiger partial charge in [0, 0.05) is 34.6 Å². The minimum absolute atomic E-state index is 0.526. The van der Waals surface area contributed by atoms with Crippen LogP contribution in [-0.4, -0.2) is 31.4 Å². The van der Waals surface area contributed by atoms with Crippen LogP contribution >= 0.6 is 0 Å². The molecule has 0 radical (unpaired) electrons. The fourth-order valence-corrected chi connectivity index (χ4v) is 5.71. The highest BCUT2D eigenvalue weighted by atomic mass is 16.5. The van der Waals surface area contributed by atoms with Gasteiger partial charge in [0.25, 0.3) is 0 Å². The molecule has 1 N–H and O–H groups in total. The Morgan fingerprint density at radius 1 is 0.500 bits per heavy atom. The molecule has 6 nitrogen and oxygen atoms in total. The lowest BCUT2D eigenvalue weighted by Gasteiger charge is -2.17. The number of nitrogens with zero attached hydrogens (tertiary/aromatic N) is 1. The summed E-state index contributed by atoms with van der Waals surface area (Å²) in [5.74, 6) is 2.99. The van der Waals surface area contributed by atoms with E-state index in [0.717, 1.165) is 74.4 Å². The summed E-state index contributed by atoms with van der Waals surface area (Å²) in [7, 11) is 0. The molecular formula is C42H48N2O4. The third-order valence-corrected chi connectivity index (χ3v) is 8.03. The summed E-state index contributed by atoms with van der Waals surface area (Å²) in [4.78, 5) is 5.19. The van der Waals surface area contributed by atoms with Gasteiger partial charge in [0.2, 0.25) is 0 Å². The first-order chi connectivity index (χ1) is 23.5. The van der Waals surface area contributed by atoms with Crippen LogP contribution in [0.2, 0.25) is 0 Å². The van der Waals surface area contributed by atoms with Gasteiger partial charge < -0.3 is 24.3 Å². The van der Waals surface area contributed by atoms with Gasteiger partial charge in [0.05, 0.1) is 37.8 Å². The second kappa shape index (κ2) is 17.3. The Balaban J connectivity index is 1.52. The smallest absolute Gasteiger partial charge is 0.132 e. The predicted molar refractivity (Wildman–Crippen MR) is 198 cm³/mol. The molecule has 0 unspecified atom stereocenters. The van der Waals surface area contributed by atoms with Crippen molar-refractivity contribution in [1.29, 1.82) is 0 Å². The number of hydrogen-bond donors (Lipinski definition) is 1. The molecule has 1 aromatic heterocycles. The van der Waals surface area contributed by atoms with Crippen molar-refractivity contribution < 1.29 is 18.9 Å². The second-order valence-corrected chi connectivity index (χ2v) is 11.5. The van der Waals surface area contributed by atoms with E-state index in [2.05, 4.69) is 72.9 Å². The molecule has 4 aromatic carbocycles. The minimum Gasteiger partial charge on any atom is -0.494 e. The fourth-order valence-electron chi connectivity index (χ4n) is 5.71. The highest BCUT2D eigenvalue weighted by Crippen LogP contribution is 2.39. The number of aromatic nitrogens is 1. The molecule has 5 aromatic rings. The lowest BCUT2D eigenvalue weighted by atomic mass is 9.99. The maximum atomic E-state index is 6.11. The highest BCUT2D eigenvalue weighted by Gasteiger charge is 2.17. The number of ether oxygens (including phenoxy) is 4. The average molecular weight is 645 g/mol. The molecule has 0 aliphatic carbocycles. The first-order valence-corrected chi connectivity index (χ1v) is 17.3. The van der Waals surface area contributed by atoms with Crippen LogP contribution in [0.25, 0.3) is 33.6 Å². The van der Waals surface area contributed by atoms with E-state index >= 15 is 0 Å². The summed E-state index contributed by atoms with van der Waals surface area (Å²) >= 11 is 0. The van der Waals surface area contributed by atoms with Crippen LogP contribution in [0.1, 0.15) is 59.4 Å². The Kier molecular flexibility index (Phi) is 12.4. The number of rotatable bonds is 17. The van der Waals surface area contributed by atoms with Crippen molar-refractivity contribution in [2.24, 2.45) is 0 Å². The van der Waals surface area contributed by atoms with Crippen LogP contribution in [0.4, 0.5) is 11.4 Å². The number of aryl methyl sites for hydroxylation is 1. The highest BCUT2D eigenvalue weighted by molar-refractivity contribution is 5.81. The summed E-state index contributed by atoms with van der Waals surface area (Å²) in [6.07, 6.45) is 4.88. The van der Waals surface area contributed by atoms with Crippen molar-refractivity contribution in [3.63, 3.8) is 0 Å². The lowest BCUT2D eigenvalue weighted by molar-refractivity contribution is 0.323. The Morgan fingerprint density at radius 2 is 1.00 bits per heavy atom. The molecule has 0 fully saturated rings. The number of benzene rings is 4. The molecule has 1 heterocycles. The number of hydrogen-bond acceptors (Lipinski definition) is 6. The normalized spacial score (nSPS) is 10.9. The van der Waals surface area contributed by atoms with Gasteiger partial charge in [0.1, 0.15) is 23.0 Å². The summed E-state index contributed by atoms with van der Waals surface area (Å²) in [6.45, 7) is 12.4. The van der Waals surface area contributed by atoms with Gasteiger partial charge >= 0.3 is 0 Å². The zero-order valence-electron chi connectivity index (χ0n) is 29.0. The van der Waals surface area contributed by atoms with E-state index in [1.807, 2.05) is 64.1 Å². The van der Waals surface area contributed by atoms with Gasteiger partial charge in [0.15, 0.2) is 0 Å². The minimum atomic E-state index is 0.526. The predicted octanol–water partition coefficient (Wildman–Crippen LogP) is 11.2. The van der Waals surface area contributed by atoms with Crippen LogP contribution < -0.4 is 24.3 Å². The molecule has 250 valence electrons. The summed E-state index contributed by atoms with van der Waals surface area (Å²) in [5, 5.41) is 3.56. The third kappa shape index (κ3) is 8.88. The number of anilines is 2. The Hall–Kier alpha value is -4.97. The van der Waals surface area contributed by atoms with Gasteiger partial charge in [-0.1, -0.05) is 44.0 Å². The lowest BCUT2D eigenvalue weighted by Crippen LogP contribution is -2.00. The molecule has 0 spiro atoms. The van der Waals surface area contributed by atoms with Crippen molar-refractivity contribution >= 4 is 11.4 Å². The number of pyridine rings is 1. The van der Waals surface area contributed by atoms with Crippen molar-refractivity contribution in [2.45, 2.75) is 60.3 Å². The van der Waals surface area contributed by atoms with Crippen LogP contribution in [0, 0.1) is 0 Å². The Bertz CT molecular complexity index is 1670. The number of nitrogens with one attached hydrogen (secondary N) is 1. The second-order valence-electron chi connectivity index (χ2n) is 11.5. The molecule has 6 heteroatoms. The van der Waals surface area contributed by atoms with Crippen molar-refractivity contribution in [2.75, 3.05) is 31.7 Å². The van der Waals surface area contributed by atoms with Crippen molar-refractivity contribution in [3.05, 3.63) is 103 Å². The molecule has 0 aliphatic rings. The largest absolute Gasteiger partial charge is 0.494 e. The zero-order valence-corrected chi connectivity index (χ0v) is 29.0. The molecule has 48 heavy (non-hydrogen) atoms. The fraction of sp³-hybridized carbons (Fsp3) is 0.310. The molecule has 0 bridgehead atoms. The van der Waals surface area contributed by atoms with Gasteiger partial charge in [-0.3, -0.25) is 0 Å². The van der Waals surface area contributed by atoms with E-state index in [4.69, 9.17) is 23.9 Å². The third-order valence-electron chi connectivity index (χ3n) is 8.03. The molecule has 5 rings (SSSR count). The van der Waals surface area contributed by atoms with E-state index < -0.39 is 0 Å². The molecule has 0 aliphatic heterocycles. The van der Waals surface area contributed by atoms with E-state index in [9.17, 15) is 0 Å². The van der Waals surface area contributed by atoms with Gasteiger partial charge in [-0.05, 0) is 118 Å². The summed E-state index contributed by atoms with van der Waals surface area (Å²) in [6, 6.07) is 33.4. The monoisotopic (exact) mass is 644 g/mol. The van der Waals surface area contributed by atoms with Gasteiger partial charge in [-0.25, -0.2) is 4.98 Å². The maximum Gasteiger partial charge on any atom is 0.132 e. The van der Waals surface area contributed by atoms with Crippen molar-refractivity contribution in [1.82, 2.24) is 4.98 Å². The maximum absolute atomic E-state index is 6.11. The molecule has 0 saturated carbocycles. The van der Waals surface area contributed by atoms with E-state index in [1.165, 1.54) is 24.8 Å². The van der Waals surface area contributed by atoms with E-state index in [1.54, 1.807) is 0 Å². The molecule has 0 atom stereocenters. The van der Waals surface area contributed by atoms with Crippen LogP contribution in [0.3, 0.4) is 0 Å². The molecule has 0 amide bonds. The summed E-state index contributed by atoms with van der Waals surface area (Å²) < 4.78 is 23.8. The zero-order chi connectivity index (χ0) is 33.7.